The smallest absolute Gasteiger partial charge is 0.254 e. The molecule has 22 heteroatoms. The number of amides is 5. The summed E-state index contributed by atoms with van der Waals surface area (Å²) in [5.74, 6) is 0.144. The van der Waals surface area contributed by atoms with Crippen LogP contribution in [0.4, 0.5) is 0 Å². The zero-order valence-electron chi connectivity index (χ0n) is 82.9. The summed E-state index contributed by atoms with van der Waals surface area (Å²) >= 11 is 42.9. The Balaban J connectivity index is 0.000000109. The van der Waals surface area contributed by atoms with E-state index in [0.29, 0.717) is 79.0 Å². The van der Waals surface area contributed by atoms with E-state index < -0.39 is 0 Å². The topological polar surface area (TPSA) is 180 Å². The minimum absolute atomic E-state index is 0.00840. The average molecular weight is 2100 g/mol. The van der Waals surface area contributed by atoms with Crippen molar-refractivity contribution in [3.05, 3.63) is 527 Å². The predicted octanol–water partition coefficient (Wildman–Crippen LogP) is 31.6. The predicted molar refractivity (Wildman–Crippen MR) is 607 cm³/mol. The molecule has 0 saturated heterocycles. The fraction of sp³-hybridized carbons (Fsp3) is 0.173. The average Bonchev–Trinajstić information content (AvgIpc) is 1.32. The Morgan fingerprint density at radius 1 is 0.242 bits per heavy atom. The maximum Gasteiger partial charge on any atom is 0.254 e. The molecule has 0 spiro atoms. The van der Waals surface area contributed by atoms with Crippen LogP contribution in [0.15, 0.2) is 358 Å². The van der Waals surface area contributed by atoms with E-state index in [2.05, 4.69) is 162 Å². The van der Waals surface area contributed by atoms with Crippen LogP contribution < -0.4 is 0 Å². The molecule has 5 aliphatic heterocycles. The molecule has 15 aromatic carbocycles. The molecule has 5 amide bonds. The number of H-pyrrole nitrogens is 5. The van der Waals surface area contributed by atoms with Gasteiger partial charge in [0.05, 0.1) is 30.2 Å². The molecule has 0 fully saturated rings. The lowest BCUT2D eigenvalue weighted by Gasteiger charge is -2.36. The monoisotopic (exact) mass is 2100 g/mol. The van der Waals surface area contributed by atoms with Gasteiger partial charge in [0.1, 0.15) is 0 Å². The van der Waals surface area contributed by atoms with E-state index in [0.717, 1.165) is 149 Å². The summed E-state index contributed by atoms with van der Waals surface area (Å²) in [6, 6.07) is 116. The van der Waals surface area contributed by atoms with Crippen molar-refractivity contribution in [3.63, 3.8) is 0 Å². The van der Waals surface area contributed by atoms with Gasteiger partial charge in [-0.05, 0) is 294 Å². The Labute approximate surface area is 900 Å². The number of hydrogen-bond donors (Lipinski definition) is 5. The highest BCUT2D eigenvalue weighted by Crippen LogP contribution is 2.48. The second-order valence-corrected chi connectivity index (χ2v) is 42.8. The van der Waals surface area contributed by atoms with Crippen LogP contribution in [0.5, 0.6) is 0 Å². The number of nitrogens with one attached hydrogen (secondary N) is 5. The van der Waals surface area contributed by atoms with Crippen molar-refractivity contribution in [2.24, 2.45) is 0 Å². The van der Waals surface area contributed by atoms with Crippen molar-refractivity contribution in [3.8, 4) is 0 Å². The van der Waals surface area contributed by atoms with Crippen molar-refractivity contribution < 1.29 is 24.0 Å². The molecule has 5 aliphatic rings. The van der Waals surface area contributed by atoms with Crippen LogP contribution in [0.25, 0.3) is 54.5 Å². The zero-order valence-corrected chi connectivity index (χ0v) is 88.2. The molecule has 0 bridgehead atoms. The van der Waals surface area contributed by atoms with Gasteiger partial charge < -0.3 is 49.4 Å². The Kier molecular flexibility index (Phi) is 28.9. The first kappa shape index (κ1) is 100. The summed E-state index contributed by atoms with van der Waals surface area (Å²) in [4.78, 5) is 95.8. The third-order valence-corrected chi connectivity index (χ3v) is 31.5. The molecule has 5 unspecified atom stereocenters. The molecular weight excluding hydrogens is 1990 g/mol. The van der Waals surface area contributed by atoms with Crippen molar-refractivity contribution in [2.75, 3.05) is 32.7 Å². The summed E-state index contributed by atoms with van der Waals surface area (Å²) < 4.78 is 0. The van der Waals surface area contributed by atoms with Gasteiger partial charge in [-0.1, -0.05) is 302 Å². The number of para-hydroxylation sites is 5. The van der Waals surface area contributed by atoms with Crippen LogP contribution in [0, 0.1) is 20.8 Å². The number of aromatic nitrogens is 5. The Morgan fingerprint density at radius 2 is 0.483 bits per heavy atom. The number of fused-ring (bicyclic) bond motifs is 15. The molecule has 20 aromatic rings. The maximum absolute atomic E-state index is 13.7. The Bertz CT molecular complexity index is 8440. The van der Waals surface area contributed by atoms with Gasteiger partial charge in [0.2, 0.25) is 0 Å². The summed E-state index contributed by atoms with van der Waals surface area (Å²) in [5.41, 5.74) is 30.6. The second kappa shape index (κ2) is 42.9. The summed E-state index contributed by atoms with van der Waals surface area (Å²) in [6.07, 6.45) is 4.11. The van der Waals surface area contributed by atoms with Crippen LogP contribution in [0.3, 0.4) is 0 Å². The normalized spacial score (nSPS) is 16.1. The summed E-state index contributed by atoms with van der Waals surface area (Å²) in [7, 11) is 0. The number of nitrogens with zero attached hydrogens (tertiary/aromatic N) is 5. The third kappa shape index (κ3) is 20.3. The second-order valence-electron chi connectivity index (χ2n) is 39.7. The third-order valence-electron chi connectivity index (χ3n) is 29.8. The van der Waals surface area contributed by atoms with Gasteiger partial charge in [-0.15, -0.1) is 0 Å². The van der Waals surface area contributed by atoms with Crippen LogP contribution in [-0.2, 0) is 37.5 Å². The van der Waals surface area contributed by atoms with Crippen LogP contribution in [0.2, 0.25) is 35.2 Å². The first-order valence-electron chi connectivity index (χ1n) is 50.3. The lowest BCUT2D eigenvalue weighted by atomic mass is 9.86. The maximum atomic E-state index is 13.7. The molecule has 5 aromatic heterocycles. The SMILES string of the molecule is CC(C)(C)c1ccc(C(=O)N2CCc3c([nH]c4ccccc34)C2c2ccc(Cl)cc2)cc1.Cc1cccc(C(=O)N2CCc3c([nH]c4ccccc34)C2c2ccc(Cl)cc2)c1C.Cc1ccccc1C(=O)N1CCc2c([nH]c3ccccc23)C1c1ccc(Cl)cc1.O=C(c1ccc(Cl)cc1)N1CCc2c([nH]c3ccccc23)C1c1ccc(Cl)cc1.O=C(c1cccc(Cl)c1)N1CCc2c([nH]c3ccccc23)C1c1ccc(Cl)cc1. The number of halogens is 7. The quantitative estimate of drug-likeness (QED) is 0.0912. The Morgan fingerprint density at radius 3 is 0.779 bits per heavy atom. The highest BCUT2D eigenvalue weighted by atomic mass is 35.5. The van der Waals surface area contributed by atoms with E-state index in [1.807, 2.05) is 251 Å². The molecule has 0 saturated carbocycles. The summed E-state index contributed by atoms with van der Waals surface area (Å²) in [5, 5.41) is 10.8. The van der Waals surface area contributed by atoms with E-state index in [1.165, 1.54) is 60.3 Å². The van der Waals surface area contributed by atoms with Crippen LogP contribution in [-0.4, -0.2) is 112 Å². The van der Waals surface area contributed by atoms with Gasteiger partial charge in [-0.25, -0.2) is 0 Å². The van der Waals surface area contributed by atoms with E-state index in [4.69, 9.17) is 81.2 Å². The number of benzene rings is 15. The molecule has 25 rings (SSSR count). The number of aryl methyl sites for hydroxylation is 2. The first-order chi connectivity index (χ1) is 72.2. The van der Waals surface area contributed by atoms with Gasteiger partial charge in [0, 0.05) is 179 Å². The van der Waals surface area contributed by atoms with Crippen molar-refractivity contribution in [1.29, 1.82) is 0 Å². The van der Waals surface area contributed by atoms with Gasteiger partial charge in [-0.3, -0.25) is 24.0 Å². The van der Waals surface area contributed by atoms with Gasteiger partial charge in [0.15, 0.2) is 0 Å². The van der Waals surface area contributed by atoms with Crippen molar-refractivity contribution in [2.45, 2.75) is 109 Å². The Hall–Kier alpha value is -14.6. The van der Waals surface area contributed by atoms with E-state index in [1.54, 1.807) is 36.4 Å². The lowest BCUT2D eigenvalue weighted by Crippen LogP contribution is -2.41. The van der Waals surface area contributed by atoms with Gasteiger partial charge >= 0.3 is 0 Å². The van der Waals surface area contributed by atoms with Crippen LogP contribution >= 0.6 is 81.2 Å². The van der Waals surface area contributed by atoms with E-state index >= 15 is 0 Å². The minimum atomic E-state index is -0.213. The highest BCUT2D eigenvalue weighted by molar-refractivity contribution is 6.32. The number of carbonyl (C=O) groups excluding carboxylic acids is 5. The number of carbonyl (C=O) groups is 5. The molecule has 0 aliphatic carbocycles. The van der Waals surface area contributed by atoms with Crippen molar-refractivity contribution >= 4 is 165 Å². The highest BCUT2D eigenvalue weighted by Gasteiger charge is 2.42. The molecule has 10 heterocycles. The van der Waals surface area contributed by atoms with Crippen molar-refractivity contribution in [1.82, 2.24) is 49.4 Å². The molecule has 15 nitrogen and oxygen atoms in total. The molecular formula is C127H107Cl7N10O5. The van der Waals surface area contributed by atoms with E-state index in [9.17, 15) is 24.0 Å². The molecule has 5 atom stereocenters. The van der Waals surface area contributed by atoms with E-state index in [-0.39, 0.29) is 65.2 Å². The fourth-order valence-electron chi connectivity index (χ4n) is 22.2. The molecule has 5 N–H and O–H groups in total. The number of hydrogen-bond acceptors (Lipinski definition) is 5. The number of aromatic amines is 5. The molecule has 149 heavy (non-hydrogen) atoms. The zero-order chi connectivity index (χ0) is 103. The largest absolute Gasteiger partial charge is 0.356 e. The fourth-order valence-corrected chi connectivity index (χ4v) is 23.1. The van der Waals surface area contributed by atoms with Crippen LogP contribution in [0.1, 0.15) is 209 Å². The first-order valence-corrected chi connectivity index (χ1v) is 52.9. The molecule has 0 radical (unpaired) electrons. The minimum Gasteiger partial charge on any atom is -0.356 e. The van der Waals surface area contributed by atoms with Gasteiger partial charge in [0.25, 0.3) is 29.5 Å². The van der Waals surface area contributed by atoms with Gasteiger partial charge in [-0.2, -0.15) is 0 Å². The standard InChI is InChI=1S/C28H27ClN2O.C26H23ClN2O.C25H21ClN2O.2C24H18Cl2N2O/c1-28(2,3)20-12-8-19(9-13-20)27(32)31-17-16-23-22-6-4-5-7-24(22)30-25(23)26(31)18-10-14-21(29)15-11-18;1-16-6-5-8-20(17(16)2)26(30)29-15-14-22-21-7-3-4-9-23(21)28-24(22)25(29)18-10-12-19(27)13-11-18;1-16-6-2-3-7-19(16)25(29)28-15-14-21-20-8-4-5-9-22(20)27-23(21)24(28)17-10-12-18(26)13-11-17;25-17-10-8-15(9-11-17)23-22-20(19-6-1-2-7-21(19)27-22)12-13-28(23)24(29)16-4-3-5-18(26)14-16;25-17-9-5-15(6-10-17)23-22-20(19-3-1-2-4-21(19)27-22)13-14-28(23)24(29)16-7-11-18(26)12-8-16/h4-15,26,30H,16-17H2,1-3H3;3-13,25,28H,14-15H2,1-2H3;2-13,24,27H,14-15H2,1H3;1-11,14,23,27H,12-13H2;1-12,23,27H,13-14H2. The number of rotatable bonds is 10. The molecule has 744 valence electrons. The summed E-state index contributed by atoms with van der Waals surface area (Å²) in [6.45, 7) is 15.9. The lowest BCUT2D eigenvalue weighted by molar-refractivity contribution is 0.0684.